The van der Waals surface area contributed by atoms with Crippen molar-refractivity contribution in [3.05, 3.63) is 59.9 Å². The molecule has 2 aromatic heterocycles. The van der Waals surface area contributed by atoms with Crippen LogP contribution in [-0.2, 0) is 12.5 Å². The zero-order chi connectivity index (χ0) is 25.4. The van der Waals surface area contributed by atoms with Gasteiger partial charge in [0.2, 0.25) is 5.95 Å². The second-order valence-electron chi connectivity index (χ2n) is 10.5. The molecule has 0 aliphatic carbocycles. The highest BCUT2D eigenvalue weighted by atomic mass is 16.5. The van der Waals surface area contributed by atoms with E-state index >= 15 is 0 Å². The molecule has 8 heteroatoms. The Morgan fingerprint density at radius 2 is 1.61 bits per heavy atom. The summed E-state index contributed by atoms with van der Waals surface area (Å²) in [5.41, 5.74) is 6.37. The molecule has 5 rings (SSSR count). The highest BCUT2D eigenvalue weighted by Gasteiger charge is 2.23. The lowest BCUT2D eigenvalue weighted by Gasteiger charge is -2.36. The minimum absolute atomic E-state index is 0.0619. The number of aromatic nitrogens is 4. The zero-order valence-corrected chi connectivity index (χ0v) is 22.0. The number of methoxy groups -OCH3 is 1. The summed E-state index contributed by atoms with van der Waals surface area (Å²) in [5.74, 6) is 2.36. The van der Waals surface area contributed by atoms with Gasteiger partial charge in [-0.05, 0) is 53.8 Å². The summed E-state index contributed by atoms with van der Waals surface area (Å²) in [6, 6.07) is 14.8. The number of rotatable bonds is 5. The number of piperazine rings is 1. The quantitative estimate of drug-likeness (QED) is 0.424. The molecule has 1 saturated heterocycles. The standard InChI is InChI=1S/C28H35N7O/c1-19-7-8-20(28(2,3)4)17-23(19)30-26-24-25(29-18-33(24)5)31-27(32-26)35-15-13-34(14-16-35)21-9-11-22(36-6)12-10-21/h7-12,17-18H,13-16H2,1-6H3,(H,30,31,32). The van der Waals surface area contributed by atoms with E-state index < -0.39 is 0 Å². The van der Waals surface area contributed by atoms with Gasteiger partial charge in [0.15, 0.2) is 11.5 Å². The first-order chi connectivity index (χ1) is 17.2. The van der Waals surface area contributed by atoms with Gasteiger partial charge in [0.1, 0.15) is 11.3 Å². The van der Waals surface area contributed by atoms with Gasteiger partial charge in [0.25, 0.3) is 0 Å². The fourth-order valence-electron chi connectivity index (χ4n) is 4.58. The summed E-state index contributed by atoms with van der Waals surface area (Å²) in [6.45, 7) is 12.3. The minimum Gasteiger partial charge on any atom is -0.497 e. The number of nitrogens with zero attached hydrogens (tertiary/aromatic N) is 6. The molecule has 0 unspecified atom stereocenters. The van der Waals surface area contributed by atoms with Crippen LogP contribution in [0.15, 0.2) is 48.8 Å². The predicted molar refractivity (Wildman–Crippen MR) is 147 cm³/mol. The lowest BCUT2D eigenvalue weighted by Crippen LogP contribution is -2.47. The number of nitrogens with one attached hydrogen (secondary N) is 1. The largest absolute Gasteiger partial charge is 0.497 e. The van der Waals surface area contributed by atoms with Crippen LogP contribution in [-0.4, -0.2) is 52.8 Å². The summed E-state index contributed by atoms with van der Waals surface area (Å²) >= 11 is 0. The number of imidazole rings is 1. The van der Waals surface area contributed by atoms with Crippen LogP contribution in [0.5, 0.6) is 5.75 Å². The Bertz CT molecular complexity index is 1360. The summed E-state index contributed by atoms with van der Waals surface area (Å²) in [6.07, 6.45) is 1.80. The molecule has 0 spiro atoms. The first-order valence-corrected chi connectivity index (χ1v) is 12.4. The van der Waals surface area contributed by atoms with Crippen molar-refractivity contribution >= 4 is 34.3 Å². The second-order valence-corrected chi connectivity index (χ2v) is 10.5. The van der Waals surface area contributed by atoms with E-state index in [1.165, 1.54) is 16.8 Å². The third kappa shape index (κ3) is 4.67. The molecule has 1 aliphatic heterocycles. The Balaban J connectivity index is 1.42. The maximum absolute atomic E-state index is 5.30. The average molecular weight is 486 g/mol. The van der Waals surface area contributed by atoms with Crippen molar-refractivity contribution < 1.29 is 4.74 Å². The van der Waals surface area contributed by atoms with Crippen LogP contribution in [0.25, 0.3) is 11.2 Å². The van der Waals surface area contributed by atoms with Crippen LogP contribution in [0, 0.1) is 6.92 Å². The molecule has 8 nitrogen and oxygen atoms in total. The second kappa shape index (κ2) is 9.33. The van der Waals surface area contributed by atoms with Crippen molar-refractivity contribution in [3.8, 4) is 5.75 Å². The minimum atomic E-state index is 0.0619. The molecule has 4 aromatic rings. The number of anilines is 4. The van der Waals surface area contributed by atoms with Gasteiger partial charge in [-0.2, -0.15) is 9.97 Å². The van der Waals surface area contributed by atoms with E-state index in [1.54, 1.807) is 13.4 Å². The van der Waals surface area contributed by atoms with Gasteiger partial charge in [-0.25, -0.2) is 4.98 Å². The topological polar surface area (TPSA) is 71.3 Å². The van der Waals surface area contributed by atoms with Crippen molar-refractivity contribution in [2.45, 2.75) is 33.1 Å². The highest BCUT2D eigenvalue weighted by Crippen LogP contribution is 2.31. The number of fused-ring (bicyclic) bond motifs is 1. The van der Waals surface area contributed by atoms with Gasteiger partial charge in [-0.1, -0.05) is 32.9 Å². The molecule has 0 bridgehead atoms. The van der Waals surface area contributed by atoms with Crippen LogP contribution in [0.1, 0.15) is 31.9 Å². The van der Waals surface area contributed by atoms with Gasteiger partial charge in [-0.15, -0.1) is 0 Å². The SMILES string of the molecule is COc1ccc(N2CCN(c3nc(Nc4cc(C(C)(C)C)ccc4C)c4c(ncn4C)n3)CC2)cc1. The number of benzene rings is 2. The van der Waals surface area contributed by atoms with E-state index in [0.29, 0.717) is 11.6 Å². The Hall–Kier alpha value is -3.81. The summed E-state index contributed by atoms with van der Waals surface area (Å²) in [5, 5.41) is 3.62. The third-order valence-corrected chi connectivity index (χ3v) is 6.92. The lowest BCUT2D eigenvalue weighted by molar-refractivity contribution is 0.415. The van der Waals surface area contributed by atoms with Gasteiger partial charge in [0.05, 0.1) is 13.4 Å². The van der Waals surface area contributed by atoms with Gasteiger partial charge >= 0.3 is 0 Å². The van der Waals surface area contributed by atoms with E-state index in [4.69, 9.17) is 14.7 Å². The third-order valence-electron chi connectivity index (χ3n) is 6.92. The smallest absolute Gasteiger partial charge is 0.229 e. The normalized spacial score (nSPS) is 14.4. The zero-order valence-electron chi connectivity index (χ0n) is 22.0. The van der Waals surface area contributed by atoms with E-state index in [0.717, 1.165) is 49.0 Å². The molecule has 36 heavy (non-hydrogen) atoms. The molecule has 0 saturated carbocycles. The lowest BCUT2D eigenvalue weighted by atomic mass is 9.86. The molecule has 1 fully saturated rings. The first-order valence-electron chi connectivity index (χ1n) is 12.4. The van der Waals surface area contributed by atoms with E-state index in [-0.39, 0.29) is 5.41 Å². The van der Waals surface area contributed by atoms with Crippen molar-refractivity contribution in [2.24, 2.45) is 7.05 Å². The number of ether oxygens (including phenoxy) is 1. The molecule has 0 amide bonds. The van der Waals surface area contributed by atoms with Crippen molar-refractivity contribution in [2.75, 3.05) is 48.4 Å². The van der Waals surface area contributed by atoms with E-state index in [1.807, 2.05) is 23.7 Å². The monoisotopic (exact) mass is 485 g/mol. The Kier molecular flexibility index (Phi) is 6.20. The predicted octanol–water partition coefficient (Wildman–Crippen LogP) is 5.05. The van der Waals surface area contributed by atoms with Crippen LogP contribution >= 0.6 is 0 Å². The molecular formula is C28H35N7O. The molecule has 3 heterocycles. The Morgan fingerprint density at radius 1 is 0.917 bits per heavy atom. The van der Waals surface area contributed by atoms with Crippen LogP contribution in [0.3, 0.4) is 0 Å². The average Bonchev–Trinajstić information content (AvgIpc) is 3.25. The highest BCUT2D eigenvalue weighted by molar-refractivity contribution is 5.87. The maximum atomic E-state index is 5.30. The Labute approximate surface area is 212 Å². The van der Waals surface area contributed by atoms with Crippen molar-refractivity contribution in [1.82, 2.24) is 19.5 Å². The van der Waals surface area contributed by atoms with Gasteiger partial charge < -0.3 is 24.4 Å². The number of aryl methyl sites for hydroxylation is 2. The number of hydrogen-bond donors (Lipinski definition) is 1. The summed E-state index contributed by atoms with van der Waals surface area (Å²) < 4.78 is 7.27. The first kappa shape index (κ1) is 23.9. The van der Waals surface area contributed by atoms with E-state index in [2.05, 4.69) is 78.1 Å². The van der Waals surface area contributed by atoms with Gasteiger partial charge in [-0.3, -0.25) is 0 Å². The molecule has 188 valence electrons. The molecule has 1 aliphatic rings. The molecule has 1 N–H and O–H groups in total. The molecular weight excluding hydrogens is 450 g/mol. The Morgan fingerprint density at radius 3 is 2.28 bits per heavy atom. The summed E-state index contributed by atoms with van der Waals surface area (Å²) in [4.78, 5) is 19.0. The molecule has 0 atom stereocenters. The van der Waals surface area contributed by atoms with Crippen molar-refractivity contribution in [3.63, 3.8) is 0 Å². The molecule has 2 aromatic carbocycles. The summed E-state index contributed by atoms with van der Waals surface area (Å²) in [7, 11) is 3.67. The van der Waals surface area contributed by atoms with Crippen LogP contribution in [0.2, 0.25) is 0 Å². The fourth-order valence-corrected chi connectivity index (χ4v) is 4.58. The van der Waals surface area contributed by atoms with Crippen LogP contribution in [0.4, 0.5) is 23.1 Å². The number of hydrogen-bond acceptors (Lipinski definition) is 7. The van der Waals surface area contributed by atoms with Gasteiger partial charge in [0, 0.05) is 44.6 Å². The molecule has 0 radical (unpaired) electrons. The van der Waals surface area contributed by atoms with Crippen molar-refractivity contribution in [1.29, 1.82) is 0 Å². The fraction of sp³-hybridized carbons (Fsp3) is 0.393. The maximum Gasteiger partial charge on any atom is 0.229 e. The van der Waals surface area contributed by atoms with E-state index in [9.17, 15) is 0 Å². The van der Waals surface area contributed by atoms with Crippen LogP contribution < -0.4 is 19.9 Å².